The molecule has 0 bridgehead atoms. The zero-order valence-corrected chi connectivity index (χ0v) is 14.8. The molecule has 0 saturated heterocycles. The summed E-state index contributed by atoms with van der Waals surface area (Å²) >= 11 is 4.13. The van der Waals surface area contributed by atoms with Gasteiger partial charge in [-0.2, -0.15) is 4.37 Å². The Balaban J connectivity index is 1.79. The molecular formula is C14H14BrN3O2S2. The van der Waals surface area contributed by atoms with Gasteiger partial charge in [-0.05, 0) is 63.7 Å². The second-order valence-corrected chi connectivity index (χ2v) is 8.36. The smallest absolute Gasteiger partial charge is 0.274 e. The minimum absolute atomic E-state index is 0.178. The maximum absolute atomic E-state index is 12.3. The van der Waals surface area contributed by atoms with E-state index in [2.05, 4.69) is 36.4 Å². The maximum atomic E-state index is 12.3. The first kappa shape index (κ1) is 15.7. The fraction of sp³-hybridized carbons (Fsp3) is 0.214. The average Bonchev–Trinajstić information content (AvgIpc) is 2.96. The summed E-state index contributed by atoms with van der Waals surface area (Å²) in [4.78, 5) is 0. The summed E-state index contributed by atoms with van der Waals surface area (Å²) in [5, 5.41) is 3.27. The Bertz CT molecular complexity index is 798. The first-order valence-electron chi connectivity index (χ1n) is 6.69. The highest BCUT2D eigenvalue weighted by molar-refractivity contribution is 9.10. The Kier molecular flexibility index (Phi) is 4.62. The number of anilines is 1. The predicted molar refractivity (Wildman–Crippen MR) is 92.5 cm³/mol. The van der Waals surface area contributed by atoms with E-state index in [0.29, 0.717) is 10.2 Å². The zero-order chi connectivity index (χ0) is 15.6. The maximum Gasteiger partial charge on any atom is 0.274 e. The molecule has 0 aliphatic carbocycles. The van der Waals surface area contributed by atoms with Crippen molar-refractivity contribution in [3.8, 4) is 0 Å². The fourth-order valence-electron chi connectivity index (χ4n) is 2.23. The Morgan fingerprint density at radius 2 is 2.05 bits per heavy atom. The van der Waals surface area contributed by atoms with E-state index in [4.69, 9.17) is 0 Å². The summed E-state index contributed by atoms with van der Waals surface area (Å²) in [6, 6.07) is 7.45. The summed E-state index contributed by atoms with van der Waals surface area (Å²) in [6.45, 7) is 1.85. The van der Waals surface area contributed by atoms with E-state index < -0.39 is 10.0 Å². The lowest BCUT2D eigenvalue weighted by atomic mass is 10.0. The van der Waals surface area contributed by atoms with Gasteiger partial charge in [0.15, 0.2) is 4.21 Å². The summed E-state index contributed by atoms with van der Waals surface area (Å²) in [5.41, 5.74) is 2.96. The van der Waals surface area contributed by atoms with Crippen LogP contribution in [0.4, 0.5) is 5.69 Å². The summed E-state index contributed by atoms with van der Waals surface area (Å²) in [7, 11) is -3.60. The van der Waals surface area contributed by atoms with Crippen LogP contribution in [0.25, 0.3) is 5.57 Å². The minimum Gasteiger partial charge on any atom is -0.313 e. The van der Waals surface area contributed by atoms with Gasteiger partial charge in [0.2, 0.25) is 0 Å². The molecular weight excluding hydrogens is 386 g/mol. The number of hydrogen-bond acceptors (Lipinski definition) is 5. The van der Waals surface area contributed by atoms with Crippen molar-refractivity contribution in [2.24, 2.45) is 0 Å². The number of benzene rings is 1. The van der Waals surface area contributed by atoms with E-state index in [1.165, 1.54) is 11.8 Å². The molecule has 0 saturated carbocycles. The van der Waals surface area contributed by atoms with Gasteiger partial charge in [0.1, 0.15) is 0 Å². The average molecular weight is 400 g/mol. The zero-order valence-electron chi connectivity index (χ0n) is 11.5. The van der Waals surface area contributed by atoms with E-state index in [1.54, 1.807) is 12.1 Å². The molecule has 0 amide bonds. The molecule has 2 heterocycles. The number of halogens is 1. The third-order valence-corrected chi connectivity index (χ3v) is 7.13. The van der Waals surface area contributed by atoms with Gasteiger partial charge in [0, 0.05) is 12.2 Å². The van der Waals surface area contributed by atoms with E-state index in [-0.39, 0.29) is 4.21 Å². The third kappa shape index (κ3) is 3.40. The molecule has 0 atom stereocenters. The minimum atomic E-state index is -3.60. The van der Waals surface area contributed by atoms with Gasteiger partial charge >= 0.3 is 0 Å². The summed E-state index contributed by atoms with van der Waals surface area (Å²) in [6.07, 6.45) is 4.63. The highest BCUT2D eigenvalue weighted by Gasteiger charge is 2.20. The molecule has 3 rings (SSSR count). The first-order valence-corrected chi connectivity index (χ1v) is 9.74. The van der Waals surface area contributed by atoms with Gasteiger partial charge in [-0.3, -0.25) is 4.72 Å². The lowest BCUT2D eigenvalue weighted by Crippen LogP contribution is -2.20. The molecule has 116 valence electrons. The van der Waals surface area contributed by atoms with Crippen LogP contribution in [0.15, 0.2) is 45.2 Å². The highest BCUT2D eigenvalue weighted by atomic mass is 79.9. The second kappa shape index (κ2) is 6.49. The molecule has 0 spiro atoms. The molecule has 8 heteroatoms. The van der Waals surface area contributed by atoms with Crippen LogP contribution in [-0.4, -0.2) is 25.9 Å². The van der Waals surface area contributed by atoms with E-state index in [9.17, 15) is 8.42 Å². The van der Waals surface area contributed by atoms with Gasteiger partial charge in [-0.15, -0.1) is 0 Å². The van der Waals surface area contributed by atoms with Gasteiger partial charge in [0.05, 0.1) is 10.7 Å². The Morgan fingerprint density at radius 3 is 2.64 bits per heavy atom. The van der Waals surface area contributed by atoms with Gasteiger partial charge in [-0.25, -0.2) is 8.42 Å². The van der Waals surface area contributed by atoms with Crippen molar-refractivity contribution in [1.82, 2.24) is 9.69 Å². The van der Waals surface area contributed by atoms with Gasteiger partial charge in [-0.1, -0.05) is 18.2 Å². The highest BCUT2D eigenvalue weighted by Crippen LogP contribution is 2.28. The van der Waals surface area contributed by atoms with Crippen LogP contribution in [0, 0.1) is 0 Å². The van der Waals surface area contributed by atoms with Crippen molar-refractivity contribution >= 4 is 48.7 Å². The molecule has 0 radical (unpaired) electrons. The number of hydrogen-bond donors (Lipinski definition) is 2. The van der Waals surface area contributed by atoms with Crippen molar-refractivity contribution in [2.75, 3.05) is 17.8 Å². The lowest BCUT2D eigenvalue weighted by Gasteiger charge is -2.14. The monoisotopic (exact) mass is 399 g/mol. The molecule has 1 aliphatic rings. The van der Waals surface area contributed by atoms with Crippen molar-refractivity contribution < 1.29 is 8.42 Å². The number of nitrogens with one attached hydrogen (secondary N) is 2. The Morgan fingerprint density at radius 1 is 1.27 bits per heavy atom. The normalized spacial score (nSPS) is 15.4. The molecule has 1 aromatic heterocycles. The number of nitrogens with zero attached hydrogens (tertiary/aromatic N) is 1. The van der Waals surface area contributed by atoms with Crippen LogP contribution in [0.5, 0.6) is 0 Å². The fourth-order valence-corrected chi connectivity index (χ4v) is 5.22. The standard InChI is InChI=1S/C14H14BrN3O2S2/c15-13-9-17-21-14(13)22(19,20)18-12-3-1-10(2-4-12)11-5-7-16-8-6-11/h1-5,9,16,18H,6-8H2. The van der Waals surface area contributed by atoms with Crippen LogP contribution in [0.2, 0.25) is 0 Å². The lowest BCUT2D eigenvalue weighted by molar-refractivity contribution is 0.603. The van der Waals surface area contributed by atoms with Crippen molar-refractivity contribution in [2.45, 2.75) is 10.6 Å². The molecule has 0 unspecified atom stereocenters. The topological polar surface area (TPSA) is 71.1 Å². The van der Waals surface area contributed by atoms with Crippen LogP contribution < -0.4 is 10.0 Å². The van der Waals surface area contributed by atoms with Crippen molar-refractivity contribution in [3.05, 3.63) is 46.6 Å². The molecule has 22 heavy (non-hydrogen) atoms. The summed E-state index contributed by atoms with van der Waals surface area (Å²) in [5.74, 6) is 0. The van der Waals surface area contributed by atoms with E-state index in [0.717, 1.165) is 36.6 Å². The first-order chi connectivity index (χ1) is 10.6. The SMILES string of the molecule is O=S(=O)(Nc1ccc(C2=CCNCC2)cc1)c1sncc1Br. The molecule has 1 aliphatic heterocycles. The van der Waals surface area contributed by atoms with Gasteiger partial charge in [0.25, 0.3) is 10.0 Å². The number of rotatable bonds is 4. The van der Waals surface area contributed by atoms with Crippen LogP contribution >= 0.6 is 27.5 Å². The van der Waals surface area contributed by atoms with Gasteiger partial charge < -0.3 is 5.32 Å². The second-order valence-electron chi connectivity index (χ2n) is 4.83. The predicted octanol–water partition coefficient (Wildman–Crippen LogP) is 3.08. The largest absolute Gasteiger partial charge is 0.313 e. The van der Waals surface area contributed by atoms with Crippen LogP contribution in [0.1, 0.15) is 12.0 Å². The quantitative estimate of drug-likeness (QED) is 0.828. The van der Waals surface area contributed by atoms with Crippen molar-refractivity contribution in [1.29, 1.82) is 0 Å². The van der Waals surface area contributed by atoms with Crippen LogP contribution in [0.3, 0.4) is 0 Å². The summed E-state index contributed by atoms with van der Waals surface area (Å²) < 4.78 is 31.7. The van der Waals surface area contributed by atoms with Crippen LogP contribution in [-0.2, 0) is 10.0 Å². The molecule has 1 aromatic carbocycles. The molecule has 2 N–H and O–H groups in total. The Labute approximate surface area is 141 Å². The Hall–Kier alpha value is -1.22. The van der Waals surface area contributed by atoms with Crippen molar-refractivity contribution in [3.63, 3.8) is 0 Å². The number of sulfonamides is 1. The number of aromatic nitrogens is 1. The van der Waals surface area contributed by atoms with E-state index in [1.807, 2.05) is 12.1 Å². The molecule has 2 aromatic rings. The molecule has 0 fully saturated rings. The third-order valence-electron chi connectivity index (χ3n) is 3.31. The molecule has 5 nitrogen and oxygen atoms in total. The van der Waals surface area contributed by atoms with E-state index >= 15 is 0 Å².